The largest absolute Gasteiger partial charge is 0.439 e. The normalized spacial score (nSPS) is 11.3. The molecule has 0 saturated heterocycles. The maximum absolute atomic E-state index is 5.69. The number of nitrogens with zero attached hydrogens (tertiary/aromatic N) is 1. The molecule has 0 saturated carbocycles. The number of halogens is 1. The lowest BCUT2D eigenvalue weighted by atomic mass is 10.1. The van der Waals surface area contributed by atoms with Gasteiger partial charge in [-0.2, -0.15) is 0 Å². The van der Waals surface area contributed by atoms with Gasteiger partial charge in [-0.1, -0.05) is 30.3 Å². The number of oxazole rings is 1. The van der Waals surface area contributed by atoms with Crippen molar-refractivity contribution in [1.29, 1.82) is 0 Å². The second-order valence-electron chi connectivity index (χ2n) is 3.38. The summed E-state index contributed by atoms with van der Waals surface area (Å²) in [5, 5.41) is 2.24. The molecule has 3 rings (SSSR count). The van der Waals surface area contributed by atoms with Gasteiger partial charge in [-0.15, -0.1) is 11.6 Å². The molecule has 74 valence electrons. The molecule has 0 aliphatic rings. The zero-order chi connectivity index (χ0) is 10.3. The highest BCUT2D eigenvalue weighted by molar-refractivity contribution is 6.16. The fourth-order valence-electron chi connectivity index (χ4n) is 1.76. The molecule has 3 heteroatoms. The average Bonchev–Trinajstić information content (AvgIpc) is 2.72. The zero-order valence-corrected chi connectivity index (χ0v) is 8.66. The van der Waals surface area contributed by atoms with E-state index in [0.717, 1.165) is 21.9 Å². The molecule has 15 heavy (non-hydrogen) atoms. The summed E-state index contributed by atoms with van der Waals surface area (Å²) in [6, 6.07) is 12.1. The van der Waals surface area contributed by atoms with Gasteiger partial charge >= 0.3 is 0 Å². The van der Waals surface area contributed by atoms with Crippen LogP contribution >= 0.6 is 11.6 Å². The summed E-state index contributed by atoms with van der Waals surface area (Å²) in [6.45, 7) is 0. The first-order valence-electron chi connectivity index (χ1n) is 4.71. The minimum absolute atomic E-state index is 0.309. The molecular formula is C12H8ClNO. The number of fused-ring (bicyclic) bond motifs is 3. The van der Waals surface area contributed by atoms with Crippen molar-refractivity contribution in [3.8, 4) is 0 Å². The highest BCUT2D eigenvalue weighted by atomic mass is 35.5. The maximum atomic E-state index is 5.69. The third-order valence-electron chi connectivity index (χ3n) is 2.44. The van der Waals surface area contributed by atoms with E-state index in [1.54, 1.807) is 0 Å². The maximum Gasteiger partial charge on any atom is 0.210 e. The van der Waals surface area contributed by atoms with Gasteiger partial charge in [0.1, 0.15) is 5.52 Å². The lowest BCUT2D eigenvalue weighted by molar-refractivity contribution is 0.557. The van der Waals surface area contributed by atoms with E-state index >= 15 is 0 Å². The van der Waals surface area contributed by atoms with E-state index in [-0.39, 0.29) is 0 Å². The number of hydrogen-bond acceptors (Lipinski definition) is 2. The topological polar surface area (TPSA) is 26.0 Å². The lowest BCUT2D eigenvalue weighted by Crippen LogP contribution is -1.73. The molecule has 0 atom stereocenters. The lowest BCUT2D eigenvalue weighted by Gasteiger charge is -1.95. The highest BCUT2D eigenvalue weighted by Crippen LogP contribution is 2.26. The van der Waals surface area contributed by atoms with Gasteiger partial charge in [-0.25, -0.2) is 4.98 Å². The smallest absolute Gasteiger partial charge is 0.210 e. The summed E-state index contributed by atoms with van der Waals surface area (Å²) in [5.41, 5.74) is 1.69. The molecule has 0 unspecified atom stereocenters. The van der Waals surface area contributed by atoms with Crippen LogP contribution in [0.4, 0.5) is 0 Å². The van der Waals surface area contributed by atoms with Crippen LogP contribution in [-0.4, -0.2) is 4.98 Å². The molecule has 0 radical (unpaired) electrons. The second kappa shape index (κ2) is 3.24. The predicted molar refractivity (Wildman–Crippen MR) is 61.1 cm³/mol. The number of aromatic nitrogens is 1. The molecule has 2 aromatic carbocycles. The Labute approximate surface area is 91.5 Å². The summed E-state index contributed by atoms with van der Waals surface area (Å²) in [7, 11) is 0. The van der Waals surface area contributed by atoms with Crippen molar-refractivity contribution >= 4 is 33.5 Å². The van der Waals surface area contributed by atoms with Crippen molar-refractivity contribution in [2.75, 3.05) is 0 Å². The minimum atomic E-state index is 0.309. The minimum Gasteiger partial charge on any atom is -0.439 e. The first-order chi connectivity index (χ1) is 7.38. The van der Waals surface area contributed by atoms with Crippen LogP contribution < -0.4 is 0 Å². The highest BCUT2D eigenvalue weighted by Gasteiger charge is 2.07. The third-order valence-corrected chi connectivity index (χ3v) is 2.67. The van der Waals surface area contributed by atoms with E-state index < -0.39 is 0 Å². The van der Waals surface area contributed by atoms with Crippen LogP contribution in [0.2, 0.25) is 0 Å². The van der Waals surface area contributed by atoms with Gasteiger partial charge in [-0.05, 0) is 11.5 Å². The van der Waals surface area contributed by atoms with E-state index in [2.05, 4.69) is 11.1 Å². The Morgan fingerprint density at radius 3 is 2.87 bits per heavy atom. The molecule has 0 spiro atoms. The standard InChI is InChI=1S/C12H8ClNO/c13-7-11-14-10-6-5-8-3-1-2-4-9(8)12(10)15-11/h1-6H,7H2. The fourth-order valence-corrected chi connectivity index (χ4v) is 1.87. The number of hydrogen-bond donors (Lipinski definition) is 0. The van der Waals surface area contributed by atoms with Gasteiger partial charge in [0.25, 0.3) is 0 Å². The molecule has 1 aromatic heterocycles. The van der Waals surface area contributed by atoms with Crippen molar-refractivity contribution < 1.29 is 4.42 Å². The van der Waals surface area contributed by atoms with Crippen LogP contribution in [0.15, 0.2) is 40.8 Å². The summed E-state index contributed by atoms with van der Waals surface area (Å²) < 4.78 is 5.59. The van der Waals surface area contributed by atoms with Crippen LogP contribution in [-0.2, 0) is 5.88 Å². The third kappa shape index (κ3) is 1.29. The number of rotatable bonds is 1. The van der Waals surface area contributed by atoms with Crippen molar-refractivity contribution in [2.24, 2.45) is 0 Å². The zero-order valence-electron chi connectivity index (χ0n) is 7.90. The van der Waals surface area contributed by atoms with E-state index in [1.165, 1.54) is 0 Å². The van der Waals surface area contributed by atoms with Gasteiger partial charge in [0.05, 0.1) is 5.88 Å². The van der Waals surface area contributed by atoms with Crippen LogP contribution in [0.3, 0.4) is 0 Å². The molecule has 0 aliphatic carbocycles. The van der Waals surface area contributed by atoms with Crippen LogP contribution in [0, 0.1) is 0 Å². The molecule has 0 amide bonds. The molecule has 0 N–H and O–H groups in total. The van der Waals surface area contributed by atoms with E-state index in [0.29, 0.717) is 11.8 Å². The Morgan fingerprint density at radius 2 is 2.00 bits per heavy atom. The van der Waals surface area contributed by atoms with Gasteiger partial charge in [0.15, 0.2) is 5.58 Å². The Bertz CT molecular complexity index is 630. The fraction of sp³-hybridized carbons (Fsp3) is 0.0833. The molecule has 3 aromatic rings. The Hall–Kier alpha value is -1.54. The van der Waals surface area contributed by atoms with Crippen molar-refractivity contribution in [2.45, 2.75) is 5.88 Å². The summed E-state index contributed by atoms with van der Waals surface area (Å²) in [5.74, 6) is 0.881. The Morgan fingerprint density at radius 1 is 1.13 bits per heavy atom. The second-order valence-corrected chi connectivity index (χ2v) is 3.64. The Balaban J connectivity index is 2.47. The van der Waals surface area contributed by atoms with Gasteiger partial charge < -0.3 is 4.42 Å². The Kier molecular flexibility index (Phi) is 1.89. The first kappa shape index (κ1) is 8.74. The van der Waals surface area contributed by atoms with Crippen LogP contribution in [0.1, 0.15) is 5.89 Å². The molecular weight excluding hydrogens is 210 g/mol. The summed E-state index contributed by atoms with van der Waals surface area (Å²) in [6.07, 6.45) is 0. The molecule has 2 nitrogen and oxygen atoms in total. The predicted octanol–water partition coefficient (Wildman–Crippen LogP) is 3.72. The monoisotopic (exact) mass is 217 g/mol. The summed E-state index contributed by atoms with van der Waals surface area (Å²) >= 11 is 5.69. The van der Waals surface area contributed by atoms with Crippen molar-refractivity contribution in [3.63, 3.8) is 0 Å². The van der Waals surface area contributed by atoms with Crippen molar-refractivity contribution in [1.82, 2.24) is 4.98 Å². The molecule has 0 aliphatic heterocycles. The molecule has 1 heterocycles. The van der Waals surface area contributed by atoms with Gasteiger partial charge in [-0.3, -0.25) is 0 Å². The van der Waals surface area contributed by atoms with Crippen LogP contribution in [0.5, 0.6) is 0 Å². The van der Waals surface area contributed by atoms with E-state index in [1.807, 2.05) is 30.3 Å². The average molecular weight is 218 g/mol. The quantitative estimate of drug-likeness (QED) is 0.581. The van der Waals surface area contributed by atoms with Gasteiger partial charge in [0, 0.05) is 5.39 Å². The summed E-state index contributed by atoms with van der Waals surface area (Å²) in [4.78, 5) is 4.28. The number of benzene rings is 2. The van der Waals surface area contributed by atoms with Crippen LogP contribution in [0.25, 0.3) is 21.9 Å². The van der Waals surface area contributed by atoms with E-state index in [4.69, 9.17) is 16.0 Å². The van der Waals surface area contributed by atoms with E-state index in [9.17, 15) is 0 Å². The first-order valence-corrected chi connectivity index (χ1v) is 5.25. The molecule has 0 fully saturated rings. The number of alkyl halides is 1. The molecule has 0 bridgehead atoms. The van der Waals surface area contributed by atoms with Gasteiger partial charge in [0.2, 0.25) is 5.89 Å². The van der Waals surface area contributed by atoms with Crippen molar-refractivity contribution in [3.05, 3.63) is 42.3 Å². The SMILES string of the molecule is ClCc1nc2ccc3ccccc3c2o1.